The Labute approximate surface area is 117 Å². The summed E-state index contributed by atoms with van der Waals surface area (Å²) in [4.78, 5) is 4.28. The van der Waals surface area contributed by atoms with Crippen LogP contribution in [-0.4, -0.2) is 4.98 Å². The highest BCUT2D eigenvalue weighted by Gasteiger charge is 2.26. The molecule has 0 spiro atoms. The summed E-state index contributed by atoms with van der Waals surface area (Å²) in [6.07, 6.45) is 13.3. The van der Waals surface area contributed by atoms with Crippen molar-refractivity contribution in [3.8, 4) is 0 Å². The summed E-state index contributed by atoms with van der Waals surface area (Å²) in [5, 5.41) is 0. The molecule has 1 atom stereocenters. The summed E-state index contributed by atoms with van der Waals surface area (Å²) in [5.41, 5.74) is 8.88. The third-order valence-corrected chi connectivity index (χ3v) is 4.65. The van der Waals surface area contributed by atoms with E-state index in [1.165, 1.54) is 56.1 Å². The molecule has 1 aromatic rings. The summed E-state index contributed by atoms with van der Waals surface area (Å²) in [5.74, 6) is 1.61. The highest BCUT2D eigenvalue weighted by atomic mass is 14.7. The van der Waals surface area contributed by atoms with Gasteiger partial charge in [0.05, 0.1) is 0 Å². The minimum atomic E-state index is 0.180. The van der Waals surface area contributed by atoms with Crippen molar-refractivity contribution in [1.29, 1.82) is 0 Å². The average molecular weight is 260 g/mol. The highest BCUT2D eigenvalue weighted by molar-refractivity contribution is 5.20. The van der Waals surface area contributed by atoms with E-state index < -0.39 is 0 Å². The van der Waals surface area contributed by atoms with Crippen molar-refractivity contribution in [2.45, 2.75) is 64.8 Å². The van der Waals surface area contributed by atoms with Gasteiger partial charge in [0.15, 0.2) is 0 Å². The van der Waals surface area contributed by atoms with Crippen LogP contribution in [0.25, 0.3) is 0 Å². The third kappa shape index (κ3) is 4.04. The molecule has 0 saturated heterocycles. The van der Waals surface area contributed by atoms with Gasteiger partial charge in [0.2, 0.25) is 0 Å². The van der Waals surface area contributed by atoms with Crippen LogP contribution >= 0.6 is 0 Å². The molecule has 0 bridgehead atoms. The molecular weight excluding hydrogens is 232 g/mol. The number of pyridine rings is 1. The minimum absolute atomic E-state index is 0.180. The van der Waals surface area contributed by atoms with Crippen LogP contribution in [0.5, 0.6) is 0 Å². The quantitative estimate of drug-likeness (QED) is 0.853. The lowest BCUT2D eigenvalue weighted by Gasteiger charge is -2.32. The molecule has 19 heavy (non-hydrogen) atoms. The molecule has 1 heterocycles. The lowest BCUT2D eigenvalue weighted by molar-refractivity contribution is 0.232. The van der Waals surface area contributed by atoms with Crippen LogP contribution < -0.4 is 5.73 Å². The molecule has 1 aromatic heterocycles. The molecule has 2 nitrogen and oxygen atoms in total. The van der Waals surface area contributed by atoms with Gasteiger partial charge < -0.3 is 5.73 Å². The molecule has 1 fully saturated rings. The standard InChI is InChI=1S/C17H28N2/c1-3-4-5-14-6-8-15(9-7-14)17(18)16-10-13(2)11-19-12-16/h10-12,14-15,17H,3-9,18H2,1-2H3. The minimum Gasteiger partial charge on any atom is -0.324 e. The molecule has 1 saturated carbocycles. The van der Waals surface area contributed by atoms with E-state index in [9.17, 15) is 0 Å². The molecule has 0 amide bonds. The second-order valence-electron chi connectivity index (χ2n) is 6.24. The topological polar surface area (TPSA) is 38.9 Å². The van der Waals surface area contributed by atoms with E-state index in [1.54, 1.807) is 0 Å². The number of rotatable bonds is 5. The molecule has 106 valence electrons. The van der Waals surface area contributed by atoms with Crippen molar-refractivity contribution in [2.75, 3.05) is 0 Å². The Balaban J connectivity index is 1.87. The molecule has 2 rings (SSSR count). The van der Waals surface area contributed by atoms with Gasteiger partial charge >= 0.3 is 0 Å². The second-order valence-corrected chi connectivity index (χ2v) is 6.24. The maximum Gasteiger partial charge on any atom is 0.0338 e. The molecule has 0 aliphatic heterocycles. The van der Waals surface area contributed by atoms with Crippen molar-refractivity contribution < 1.29 is 0 Å². The number of hydrogen-bond acceptors (Lipinski definition) is 2. The maximum absolute atomic E-state index is 6.44. The van der Waals surface area contributed by atoms with E-state index >= 15 is 0 Å². The van der Waals surface area contributed by atoms with Crippen molar-refractivity contribution in [2.24, 2.45) is 17.6 Å². The Bertz CT molecular complexity index is 381. The van der Waals surface area contributed by atoms with Crippen molar-refractivity contribution in [3.63, 3.8) is 0 Å². The number of nitrogens with two attached hydrogens (primary N) is 1. The third-order valence-electron chi connectivity index (χ3n) is 4.65. The first-order chi connectivity index (χ1) is 9.20. The summed E-state index contributed by atoms with van der Waals surface area (Å²) in [7, 11) is 0. The maximum atomic E-state index is 6.44. The summed E-state index contributed by atoms with van der Waals surface area (Å²) < 4.78 is 0. The zero-order chi connectivity index (χ0) is 13.7. The first kappa shape index (κ1) is 14.5. The Morgan fingerprint density at radius 3 is 2.63 bits per heavy atom. The van der Waals surface area contributed by atoms with Crippen molar-refractivity contribution >= 4 is 0 Å². The van der Waals surface area contributed by atoms with Crippen LogP contribution in [0, 0.1) is 18.8 Å². The molecule has 2 heteroatoms. The molecule has 1 aliphatic rings. The first-order valence-corrected chi connectivity index (χ1v) is 7.87. The van der Waals surface area contributed by atoms with Gasteiger partial charge in [-0.25, -0.2) is 0 Å². The predicted octanol–water partition coefficient (Wildman–Crippen LogP) is 4.39. The molecule has 2 N–H and O–H groups in total. The highest BCUT2D eigenvalue weighted by Crippen LogP contribution is 2.37. The van der Waals surface area contributed by atoms with E-state index in [4.69, 9.17) is 5.73 Å². The fraction of sp³-hybridized carbons (Fsp3) is 0.706. The second kappa shape index (κ2) is 7.04. The SMILES string of the molecule is CCCCC1CCC(C(N)c2cncc(C)c2)CC1. The molecule has 0 aromatic carbocycles. The smallest absolute Gasteiger partial charge is 0.0338 e. The van der Waals surface area contributed by atoms with Gasteiger partial charge in [-0.2, -0.15) is 0 Å². The molecular formula is C17H28N2. The van der Waals surface area contributed by atoms with E-state index in [0.29, 0.717) is 5.92 Å². The van der Waals surface area contributed by atoms with Gasteiger partial charge in [-0.1, -0.05) is 45.1 Å². The van der Waals surface area contributed by atoms with Crippen LogP contribution in [0.15, 0.2) is 18.5 Å². The average Bonchev–Trinajstić information content (AvgIpc) is 2.45. The Morgan fingerprint density at radius 2 is 2.00 bits per heavy atom. The Morgan fingerprint density at radius 1 is 1.26 bits per heavy atom. The van der Waals surface area contributed by atoms with E-state index in [1.807, 2.05) is 12.4 Å². The molecule has 0 radical (unpaired) electrons. The van der Waals surface area contributed by atoms with Gasteiger partial charge in [0.25, 0.3) is 0 Å². The molecule has 1 unspecified atom stereocenters. The van der Waals surface area contributed by atoms with Crippen LogP contribution in [0.3, 0.4) is 0 Å². The van der Waals surface area contributed by atoms with Gasteiger partial charge in [-0.3, -0.25) is 4.98 Å². The van der Waals surface area contributed by atoms with E-state index in [2.05, 4.69) is 24.9 Å². The van der Waals surface area contributed by atoms with Crippen LogP contribution in [0.2, 0.25) is 0 Å². The van der Waals surface area contributed by atoms with Crippen LogP contribution in [0.1, 0.15) is 69.0 Å². The van der Waals surface area contributed by atoms with Gasteiger partial charge in [-0.05, 0) is 42.7 Å². The number of nitrogens with zero attached hydrogens (tertiary/aromatic N) is 1. The van der Waals surface area contributed by atoms with Gasteiger partial charge in [0.1, 0.15) is 0 Å². The van der Waals surface area contributed by atoms with Gasteiger partial charge in [0, 0.05) is 18.4 Å². The van der Waals surface area contributed by atoms with Crippen molar-refractivity contribution in [3.05, 3.63) is 29.6 Å². The zero-order valence-electron chi connectivity index (χ0n) is 12.4. The lowest BCUT2D eigenvalue weighted by Crippen LogP contribution is -2.26. The zero-order valence-corrected chi connectivity index (χ0v) is 12.4. The molecule has 1 aliphatic carbocycles. The number of unbranched alkanes of at least 4 members (excludes halogenated alkanes) is 1. The van der Waals surface area contributed by atoms with E-state index in [0.717, 1.165) is 5.92 Å². The summed E-state index contributed by atoms with van der Waals surface area (Å²) in [6, 6.07) is 2.38. The van der Waals surface area contributed by atoms with Crippen LogP contribution in [-0.2, 0) is 0 Å². The fourth-order valence-electron chi connectivity index (χ4n) is 3.36. The normalized spacial score (nSPS) is 25.2. The summed E-state index contributed by atoms with van der Waals surface area (Å²) in [6.45, 7) is 4.37. The first-order valence-electron chi connectivity index (χ1n) is 7.87. The Hall–Kier alpha value is -0.890. The number of aromatic nitrogens is 1. The predicted molar refractivity (Wildman–Crippen MR) is 80.9 cm³/mol. The van der Waals surface area contributed by atoms with E-state index in [-0.39, 0.29) is 6.04 Å². The van der Waals surface area contributed by atoms with Crippen LogP contribution in [0.4, 0.5) is 0 Å². The fourth-order valence-corrected chi connectivity index (χ4v) is 3.36. The largest absolute Gasteiger partial charge is 0.324 e. The number of aryl methyl sites for hydroxylation is 1. The van der Waals surface area contributed by atoms with Gasteiger partial charge in [-0.15, -0.1) is 0 Å². The lowest BCUT2D eigenvalue weighted by atomic mass is 9.76. The number of hydrogen-bond donors (Lipinski definition) is 1. The Kier molecular flexibility index (Phi) is 5.38. The summed E-state index contributed by atoms with van der Waals surface area (Å²) >= 11 is 0. The monoisotopic (exact) mass is 260 g/mol. The van der Waals surface area contributed by atoms with Crippen molar-refractivity contribution in [1.82, 2.24) is 4.98 Å².